The predicted octanol–water partition coefficient (Wildman–Crippen LogP) is 7.31. The summed E-state index contributed by atoms with van der Waals surface area (Å²) in [6, 6.07) is 14.4. The van der Waals surface area contributed by atoms with E-state index in [2.05, 4.69) is 29.8 Å². The van der Waals surface area contributed by atoms with Crippen LogP contribution in [0.1, 0.15) is 57.2 Å². The number of para-hydroxylation sites is 1. The van der Waals surface area contributed by atoms with Gasteiger partial charge in [0.05, 0.1) is 11.3 Å². The van der Waals surface area contributed by atoms with Gasteiger partial charge >= 0.3 is 0 Å². The summed E-state index contributed by atoms with van der Waals surface area (Å²) in [5.41, 5.74) is 1.85. The molecule has 0 atom stereocenters. The number of aryl methyl sites for hydroxylation is 1. The number of benzene rings is 2. The van der Waals surface area contributed by atoms with Gasteiger partial charge < -0.3 is 4.74 Å². The molecular formula is C27H32BrFN2O2. The van der Waals surface area contributed by atoms with E-state index in [1.54, 1.807) is 23.6 Å². The van der Waals surface area contributed by atoms with Crippen molar-refractivity contribution in [2.24, 2.45) is 5.92 Å². The molecule has 0 radical (unpaired) electrons. The van der Waals surface area contributed by atoms with E-state index >= 15 is 0 Å². The molecule has 3 rings (SSSR count). The molecule has 0 saturated carbocycles. The molecule has 176 valence electrons. The molecule has 0 aliphatic rings. The van der Waals surface area contributed by atoms with Crippen LogP contribution in [0.15, 0.2) is 57.8 Å². The Bertz CT molecular complexity index is 1110. The molecule has 0 fully saturated rings. The van der Waals surface area contributed by atoms with Gasteiger partial charge in [-0.3, -0.25) is 9.36 Å². The van der Waals surface area contributed by atoms with Crippen LogP contribution in [-0.4, -0.2) is 9.55 Å². The largest absolute Gasteiger partial charge is 0.485 e. The molecule has 6 heteroatoms. The molecule has 0 N–H and O–H groups in total. The van der Waals surface area contributed by atoms with Crippen LogP contribution in [0.4, 0.5) is 4.39 Å². The monoisotopic (exact) mass is 514 g/mol. The van der Waals surface area contributed by atoms with Crippen molar-refractivity contribution in [2.75, 3.05) is 0 Å². The lowest BCUT2D eigenvalue weighted by Gasteiger charge is -2.20. The minimum Gasteiger partial charge on any atom is -0.485 e. The molecule has 0 unspecified atom stereocenters. The molecule has 3 aromatic rings. The second-order valence-corrected chi connectivity index (χ2v) is 9.21. The average molecular weight is 515 g/mol. The summed E-state index contributed by atoms with van der Waals surface area (Å²) in [7, 11) is 0. The van der Waals surface area contributed by atoms with Gasteiger partial charge in [0.1, 0.15) is 16.9 Å². The summed E-state index contributed by atoms with van der Waals surface area (Å²) in [6.07, 6.45) is 5.36. The third-order valence-corrected chi connectivity index (χ3v) is 6.78. The molecular weight excluding hydrogens is 483 g/mol. The maximum absolute atomic E-state index is 14.9. The van der Waals surface area contributed by atoms with Crippen LogP contribution in [0.25, 0.3) is 11.4 Å². The van der Waals surface area contributed by atoms with Crippen molar-refractivity contribution in [3.8, 4) is 17.1 Å². The van der Waals surface area contributed by atoms with Crippen molar-refractivity contribution in [2.45, 2.75) is 66.0 Å². The number of nitrogens with zero attached hydrogens (tertiary/aromatic N) is 2. The molecule has 1 heterocycles. The highest BCUT2D eigenvalue weighted by molar-refractivity contribution is 9.10. The van der Waals surface area contributed by atoms with E-state index in [1.165, 1.54) is 6.07 Å². The Labute approximate surface area is 204 Å². The van der Waals surface area contributed by atoms with Gasteiger partial charge in [-0.15, -0.1) is 0 Å². The Morgan fingerprint density at radius 3 is 2.39 bits per heavy atom. The molecule has 0 amide bonds. The summed E-state index contributed by atoms with van der Waals surface area (Å²) in [4.78, 5) is 17.9. The van der Waals surface area contributed by atoms with Crippen LogP contribution in [0.3, 0.4) is 0 Å². The quantitative estimate of drug-likeness (QED) is 0.269. The number of hydrogen-bond donors (Lipinski definition) is 0. The number of hydrogen-bond acceptors (Lipinski definition) is 3. The van der Waals surface area contributed by atoms with Crippen LogP contribution < -0.4 is 10.3 Å². The average Bonchev–Trinajstić information content (AvgIpc) is 2.82. The fourth-order valence-corrected chi connectivity index (χ4v) is 4.48. The maximum Gasteiger partial charge on any atom is 0.268 e. The number of aromatic nitrogens is 2. The number of rotatable bonds is 11. The molecule has 0 aliphatic carbocycles. The summed E-state index contributed by atoms with van der Waals surface area (Å²) in [5, 5.41) is 0. The van der Waals surface area contributed by atoms with Crippen molar-refractivity contribution in [3.63, 3.8) is 0 Å². The zero-order valence-corrected chi connectivity index (χ0v) is 21.2. The standard InChI is InChI=1S/C27H32BrFN2O2/c1-4-10-20(11-5-2)16-17-31-26(30-19(3)24(28)27(31)32)22-14-9-15-23(29)25(22)33-18-21-12-7-6-8-13-21/h6-9,12-15,20H,4-5,10-11,16-18H2,1-3H3. The minimum atomic E-state index is -0.473. The first-order valence-corrected chi connectivity index (χ1v) is 12.5. The van der Waals surface area contributed by atoms with Gasteiger partial charge in [-0.05, 0) is 52.9 Å². The zero-order chi connectivity index (χ0) is 23.8. The molecule has 0 spiro atoms. The van der Waals surface area contributed by atoms with E-state index in [4.69, 9.17) is 9.72 Å². The Balaban J connectivity index is 2.01. The second-order valence-electron chi connectivity index (χ2n) is 8.41. The number of ether oxygens (including phenoxy) is 1. The van der Waals surface area contributed by atoms with Crippen molar-refractivity contribution < 1.29 is 9.13 Å². The van der Waals surface area contributed by atoms with Crippen LogP contribution in [-0.2, 0) is 13.2 Å². The van der Waals surface area contributed by atoms with E-state index < -0.39 is 5.82 Å². The summed E-state index contributed by atoms with van der Waals surface area (Å²) in [5.74, 6) is 0.623. The molecule has 0 aliphatic heterocycles. The van der Waals surface area contributed by atoms with Gasteiger partial charge in [0.2, 0.25) is 0 Å². The third-order valence-electron chi connectivity index (χ3n) is 5.87. The van der Waals surface area contributed by atoms with E-state index in [0.717, 1.165) is 37.7 Å². The Kier molecular flexibility index (Phi) is 9.24. The molecule has 1 aromatic heterocycles. The lowest BCUT2D eigenvalue weighted by molar-refractivity contribution is 0.291. The van der Waals surface area contributed by atoms with E-state index in [-0.39, 0.29) is 17.9 Å². The smallest absolute Gasteiger partial charge is 0.268 e. The van der Waals surface area contributed by atoms with Crippen LogP contribution in [0.5, 0.6) is 5.75 Å². The summed E-state index contributed by atoms with van der Waals surface area (Å²) >= 11 is 3.40. The molecule has 33 heavy (non-hydrogen) atoms. The summed E-state index contributed by atoms with van der Waals surface area (Å²) < 4.78 is 23.0. The van der Waals surface area contributed by atoms with Gasteiger partial charge in [0, 0.05) is 6.54 Å². The maximum atomic E-state index is 14.9. The fourth-order valence-electron chi connectivity index (χ4n) is 4.17. The Morgan fingerprint density at radius 2 is 1.73 bits per heavy atom. The highest BCUT2D eigenvalue weighted by Crippen LogP contribution is 2.33. The van der Waals surface area contributed by atoms with Crippen molar-refractivity contribution in [1.82, 2.24) is 9.55 Å². The summed E-state index contributed by atoms with van der Waals surface area (Å²) in [6.45, 7) is 6.91. The zero-order valence-electron chi connectivity index (χ0n) is 19.6. The first-order valence-electron chi connectivity index (χ1n) is 11.7. The molecule has 0 saturated heterocycles. The Hall–Kier alpha value is -2.47. The van der Waals surface area contributed by atoms with Crippen LogP contribution in [0.2, 0.25) is 0 Å². The van der Waals surface area contributed by atoms with Crippen molar-refractivity contribution in [3.05, 3.63) is 80.4 Å². The Morgan fingerprint density at radius 1 is 1.03 bits per heavy atom. The van der Waals surface area contributed by atoms with Gasteiger partial charge in [-0.25, -0.2) is 9.37 Å². The lowest BCUT2D eigenvalue weighted by Crippen LogP contribution is -2.26. The van der Waals surface area contributed by atoms with Crippen molar-refractivity contribution in [1.29, 1.82) is 0 Å². The van der Waals surface area contributed by atoms with Crippen molar-refractivity contribution >= 4 is 15.9 Å². The SMILES string of the molecule is CCCC(CCC)CCn1c(-c2cccc(F)c2OCc2ccccc2)nc(C)c(Br)c1=O. The third kappa shape index (κ3) is 6.32. The predicted molar refractivity (Wildman–Crippen MR) is 135 cm³/mol. The van der Waals surface area contributed by atoms with Crippen LogP contribution >= 0.6 is 15.9 Å². The van der Waals surface area contributed by atoms with Gasteiger partial charge in [0.15, 0.2) is 11.6 Å². The van der Waals surface area contributed by atoms with Gasteiger partial charge in [0.25, 0.3) is 5.56 Å². The minimum absolute atomic E-state index is 0.113. The first-order chi connectivity index (χ1) is 16.0. The molecule has 4 nitrogen and oxygen atoms in total. The topological polar surface area (TPSA) is 44.1 Å². The van der Waals surface area contributed by atoms with Gasteiger partial charge in [-0.1, -0.05) is 75.9 Å². The van der Waals surface area contributed by atoms with E-state index in [0.29, 0.717) is 34.0 Å². The fraction of sp³-hybridized carbons (Fsp3) is 0.407. The highest BCUT2D eigenvalue weighted by atomic mass is 79.9. The molecule has 2 aromatic carbocycles. The number of halogens is 2. The van der Waals surface area contributed by atoms with Crippen LogP contribution in [0, 0.1) is 18.7 Å². The molecule has 0 bridgehead atoms. The highest BCUT2D eigenvalue weighted by Gasteiger charge is 2.20. The van der Waals surface area contributed by atoms with Gasteiger partial charge in [-0.2, -0.15) is 0 Å². The van der Waals surface area contributed by atoms with E-state index in [9.17, 15) is 9.18 Å². The van der Waals surface area contributed by atoms with E-state index in [1.807, 2.05) is 30.3 Å². The lowest BCUT2D eigenvalue weighted by atomic mass is 9.95. The normalized spacial score (nSPS) is 11.2. The second kappa shape index (κ2) is 12.1. The first kappa shape index (κ1) is 25.2.